The van der Waals surface area contributed by atoms with Crippen molar-refractivity contribution in [3.8, 4) is 104 Å². The van der Waals surface area contributed by atoms with Crippen molar-refractivity contribution in [3.05, 3.63) is 204 Å². The number of para-hydroxylation sites is 1. The molecule has 9 nitrogen and oxygen atoms in total. The van der Waals surface area contributed by atoms with Crippen molar-refractivity contribution in [2.24, 2.45) is 0 Å². The molecule has 0 N–H and O–H groups in total. The highest BCUT2D eigenvalue weighted by Gasteiger charge is 2.26. The third-order valence-electron chi connectivity index (χ3n) is 11.4. The molecule has 0 spiro atoms. The fourth-order valence-electron chi connectivity index (χ4n) is 8.37. The number of benzene rings is 8. The van der Waals surface area contributed by atoms with Crippen LogP contribution in [-0.2, 0) is 0 Å². The van der Waals surface area contributed by atoms with E-state index in [-0.39, 0.29) is 11.1 Å². The minimum absolute atomic E-state index is 0.267. The maximum Gasteiger partial charge on any atom is 0.164 e. The topological polar surface area (TPSA) is 163 Å². The van der Waals surface area contributed by atoms with E-state index >= 15 is 0 Å². The minimum atomic E-state index is 0.267. The lowest BCUT2D eigenvalue weighted by Gasteiger charge is -2.22. The first-order valence-corrected chi connectivity index (χ1v) is 20.5. The molecule has 0 bridgehead atoms. The van der Waals surface area contributed by atoms with Crippen LogP contribution in [0, 0.1) is 56.7 Å². The average Bonchev–Trinajstić information content (AvgIpc) is 3.71. The molecule has 10 aromatic rings. The number of nitrogens with zero attached hydrogens (tertiary/aromatic N) is 9. The Morgan fingerprint density at radius 2 is 0.785 bits per heavy atom. The predicted octanol–water partition coefficient (Wildman–Crippen LogP) is 12.3. The van der Waals surface area contributed by atoms with E-state index in [0.717, 1.165) is 44.1 Å². The Hall–Kier alpha value is -9.98. The molecule has 2 aromatic heterocycles. The van der Waals surface area contributed by atoms with Gasteiger partial charge in [0, 0.05) is 49.7 Å². The largest absolute Gasteiger partial charge is 0.308 e. The van der Waals surface area contributed by atoms with Crippen LogP contribution >= 0.6 is 0 Å². The number of hydrogen-bond acceptors (Lipinski definition) is 8. The summed E-state index contributed by atoms with van der Waals surface area (Å²) in [5.41, 5.74) is 10.4. The van der Waals surface area contributed by atoms with E-state index in [1.54, 1.807) is 48.5 Å². The summed E-state index contributed by atoms with van der Waals surface area (Å²) in [4.78, 5) is 15.1. The molecule has 0 aliphatic heterocycles. The third kappa shape index (κ3) is 7.05. The second-order valence-corrected chi connectivity index (χ2v) is 15.2. The molecule has 0 atom stereocenters. The van der Waals surface area contributed by atoms with E-state index in [9.17, 15) is 26.3 Å². The third-order valence-corrected chi connectivity index (χ3v) is 11.4. The number of nitriles is 5. The second kappa shape index (κ2) is 16.5. The highest BCUT2D eigenvalue weighted by molar-refractivity contribution is 6.12. The van der Waals surface area contributed by atoms with Crippen LogP contribution in [0.15, 0.2) is 176 Å². The van der Waals surface area contributed by atoms with Gasteiger partial charge in [-0.25, -0.2) is 15.0 Å². The zero-order valence-corrected chi connectivity index (χ0v) is 34.3. The molecule has 0 aliphatic rings. The summed E-state index contributed by atoms with van der Waals surface area (Å²) in [5.74, 6) is 1.25. The van der Waals surface area contributed by atoms with E-state index in [0.29, 0.717) is 67.7 Å². The lowest BCUT2D eigenvalue weighted by Crippen LogP contribution is -2.05. The van der Waals surface area contributed by atoms with Gasteiger partial charge >= 0.3 is 0 Å². The summed E-state index contributed by atoms with van der Waals surface area (Å²) < 4.78 is 2.15. The van der Waals surface area contributed by atoms with Crippen LogP contribution in [0.3, 0.4) is 0 Å². The van der Waals surface area contributed by atoms with Gasteiger partial charge in [-0.1, -0.05) is 109 Å². The maximum absolute atomic E-state index is 10.8. The van der Waals surface area contributed by atoms with Crippen LogP contribution in [-0.4, -0.2) is 19.5 Å². The van der Waals surface area contributed by atoms with Crippen LogP contribution in [0.4, 0.5) is 0 Å². The molecule has 9 heteroatoms. The van der Waals surface area contributed by atoms with Gasteiger partial charge in [0.05, 0.1) is 74.9 Å². The van der Waals surface area contributed by atoms with Crippen LogP contribution in [0.5, 0.6) is 0 Å². The molecule has 0 radical (unpaired) electrons. The normalized spacial score (nSPS) is 10.7. The number of fused-ring (bicyclic) bond motifs is 3. The standard InChI is InChI=1S/C56H29N9/c57-30-35-15-19-38(20-16-35)41-21-24-52-48(27-41)47-13-7-8-14-51(47)65(52)53-49(45-22-17-36(31-58)25-43(45)33-60)28-42(29-50(53)46-23-18-37(32-59)26-44(46)34-61)56-63-54(39-9-3-1-4-10-39)62-55(64-56)40-11-5-2-6-12-40/h1-29H. The molecule has 8 aromatic carbocycles. The average molecular weight is 828 g/mol. The Balaban J connectivity index is 1.36. The Morgan fingerprint density at radius 1 is 0.323 bits per heavy atom. The van der Waals surface area contributed by atoms with Gasteiger partial charge in [-0.2, -0.15) is 26.3 Å². The van der Waals surface area contributed by atoms with Crippen molar-refractivity contribution in [1.29, 1.82) is 26.3 Å². The van der Waals surface area contributed by atoms with Crippen LogP contribution in [0.2, 0.25) is 0 Å². The molecule has 0 amide bonds. The van der Waals surface area contributed by atoms with E-state index in [1.807, 2.05) is 109 Å². The second-order valence-electron chi connectivity index (χ2n) is 15.2. The maximum atomic E-state index is 10.8. The molecule has 298 valence electrons. The summed E-state index contributed by atoms with van der Waals surface area (Å²) in [7, 11) is 0. The zero-order chi connectivity index (χ0) is 44.4. The first-order valence-electron chi connectivity index (χ1n) is 20.5. The van der Waals surface area contributed by atoms with Gasteiger partial charge in [-0.3, -0.25) is 0 Å². The smallest absolute Gasteiger partial charge is 0.164 e. The van der Waals surface area contributed by atoms with E-state index in [2.05, 4.69) is 53.1 Å². The SMILES string of the molecule is N#Cc1ccc(-c2ccc3c(c2)c2ccccc2n3-c2c(-c3ccc(C#N)cc3C#N)cc(-c3nc(-c4ccccc4)nc(-c4ccccc4)n3)cc2-c2ccc(C#N)cc2C#N)cc1. The van der Waals surface area contributed by atoms with Crippen LogP contribution in [0.1, 0.15) is 27.8 Å². The highest BCUT2D eigenvalue weighted by atomic mass is 15.0. The number of hydrogen-bond donors (Lipinski definition) is 0. The molecule has 0 fully saturated rings. The van der Waals surface area contributed by atoms with Crippen molar-refractivity contribution < 1.29 is 0 Å². The molecule has 10 rings (SSSR count). The van der Waals surface area contributed by atoms with E-state index in [4.69, 9.17) is 15.0 Å². The first-order chi connectivity index (χ1) is 32.0. The monoisotopic (exact) mass is 827 g/mol. The lowest BCUT2D eigenvalue weighted by atomic mass is 9.88. The van der Waals surface area contributed by atoms with E-state index in [1.165, 1.54) is 0 Å². The van der Waals surface area contributed by atoms with Gasteiger partial charge in [0.1, 0.15) is 0 Å². The molecular formula is C56H29N9. The molecule has 65 heavy (non-hydrogen) atoms. The molecule has 0 saturated carbocycles. The summed E-state index contributed by atoms with van der Waals surface area (Å²) in [6.07, 6.45) is 0. The molecule has 0 unspecified atom stereocenters. The molecule has 2 heterocycles. The number of rotatable bonds is 7. The van der Waals surface area contributed by atoms with Gasteiger partial charge in [0.2, 0.25) is 0 Å². The van der Waals surface area contributed by atoms with Gasteiger partial charge in [0.15, 0.2) is 17.5 Å². The fourth-order valence-corrected chi connectivity index (χ4v) is 8.37. The Bertz CT molecular complexity index is 3610. The molecule has 0 aliphatic carbocycles. The number of aromatic nitrogens is 4. The van der Waals surface area contributed by atoms with Crippen molar-refractivity contribution in [3.63, 3.8) is 0 Å². The predicted molar refractivity (Wildman–Crippen MR) is 250 cm³/mol. The van der Waals surface area contributed by atoms with Crippen molar-refractivity contribution in [1.82, 2.24) is 19.5 Å². The Morgan fingerprint density at radius 3 is 1.31 bits per heavy atom. The van der Waals surface area contributed by atoms with Gasteiger partial charge in [-0.05, 0) is 77.9 Å². The molecule has 0 saturated heterocycles. The summed E-state index contributed by atoms with van der Waals surface area (Å²) in [6, 6.07) is 66.4. The van der Waals surface area contributed by atoms with Crippen molar-refractivity contribution in [2.75, 3.05) is 0 Å². The van der Waals surface area contributed by atoms with Crippen molar-refractivity contribution >= 4 is 21.8 Å². The van der Waals surface area contributed by atoms with Gasteiger partial charge in [-0.15, -0.1) is 0 Å². The molecular weight excluding hydrogens is 799 g/mol. The fraction of sp³-hybridized carbons (Fsp3) is 0. The minimum Gasteiger partial charge on any atom is -0.308 e. The van der Waals surface area contributed by atoms with Crippen LogP contribution in [0.25, 0.3) is 95.0 Å². The Kier molecular flexibility index (Phi) is 9.93. The summed E-state index contributed by atoms with van der Waals surface area (Å²) >= 11 is 0. The first kappa shape index (κ1) is 39.2. The van der Waals surface area contributed by atoms with Crippen molar-refractivity contribution in [2.45, 2.75) is 0 Å². The summed E-state index contributed by atoms with van der Waals surface area (Å²) in [5, 5.41) is 52.9. The quantitative estimate of drug-likeness (QED) is 0.153. The summed E-state index contributed by atoms with van der Waals surface area (Å²) in [6.45, 7) is 0. The van der Waals surface area contributed by atoms with Gasteiger partial charge < -0.3 is 4.57 Å². The van der Waals surface area contributed by atoms with Crippen LogP contribution < -0.4 is 0 Å². The highest BCUT2D eigenvalue weighted by Crippen LogP contribution is 2.46. The Labute approximate surface area is 373 Å². The lowest BCUT2D eigenvalue weighted by molar-refractivity contribution is 1.07. The zero-order valence-electron chi connectivity index (χ0n) is 34.3. The van der Waals surface area contributed by atoms with E-state index < -0.39 is 0 Å². The van der Waals surface area contributed by atoms with Gasteiger partial charge in [0.25, 0.3) is 0 Å².